The predicted octanol–water partition coefficient (Wildman–Crippen LogP) is 1.38. The van der Waals surface area contributed by atoms with E-state index >= 15 is 0 Å². The molecule has 1 aromatic heterocycles. The Morgan fingerprint density at radius 3 is 2.86 bits per heavy atom. The Hall–Kier alpha value is -2.24. The average molecular weight is 439 g/mol. The maximum Gasteiger partial charge on any atom is 0.208 e. The molecule has 11 heteroatoms. The summed E-state index contributed by atoms with van der Waals surface area (Å²) in [5.74, 6) is 2.27. The van der Waals surface area contributed by atoms with Gasteiger partial charge in [-0.1, -0.05) is 6.07 Å². The third-order valence-electron chi connectivity index (χ3n) is 4.53. The number of anilines is 3. The lowest BCUT2D eigenvalue weighted by Crippen LogP contribution is -2.30. The SMILES string of the molecule is Cc1cc2c(cc1SCN(CCCNS(C)(=O)=O)c1ncnc(N)c1N)OCC2. The van der Waals surface area contributed by atoms with Crippen molar-refractivity contribution in [2.75, 3.05) is 48.2 Å². The number of nitrogen functional groups attached to an aromatic ring is 2. The summed E-state index contributed by atoms with van der Waals surface area (Å²) >= 11 is 1.64. The number of nitrogens with one attached hydrogen (secondary N) is 1. The molecule has 5 N–H and O–H groups in total. The molecular formula is C18H26N6O3S2. The molecule has 0 radical (unpaired) electrons. The van der Waals surface area contributed by atoms with E-state index in [1.54, 1.807) is 11.8 Å². The van der Waals surface area contributed by atoms with E-state index in [4.69, 9.17) is 16.2 Å². The molecule has 3 rings (SSSR count). The van der Waals surface area contributed by atoms with Crippen molar-refractivity contribution in [3.8, 4) is 5.75 Å². The van der Waals surface area contributed by atoms with Crippen molar-refractivity contribution in [1.82, 2.24) is 14.7 Å². The first-order chi connectivity index (χ1) is 13.7. The van der Waals surface area contributed by atoms with Gasteiger partial charge in [0.25, 0.3) is 0 Å². The van der Waals surface area contributed by atoms with Gasteiger partial charge in [0, 0.05) is 24.4 Å². The van der Waals surface area contributed by atoms with Gasteiger partial charge in [0.2, 0.25) is 10.0 Å². The zero-order valence-electron chi connectivity index (χ0n) is 16.5. The summed E-state index contributed by atoms with van der Waals surface area (Å²) in [7, 11) is -3.23. The van der Waals surface area contributed by atoms with Gasteiger partial charge in [-0.05, 0) is 30.5 Å². The zero-order chi connectivity index (χ0) is 21.0. The molecule has 9 nitrogen and oxygen atoms in total. The van der Waals surface area contributed by atoms with E-state index in [9.17, 15) is 8.42 Å². The number of rotatable bonds is 9. The van der Waals surface area contributed by atoms with Crippen molar-refractivity contribution >= 4 is 39.1 Å². The maximum absolute atomic E-state index is 11.3. The van der Waals surface area contributed by atoms with Gasteiger partial charge in [0.15, 0.2) is 11.6 Å². The van der Waals surface area contributed by atoms with Gasteiger partial charge in [0.05, 0.1) is 18.7 Å². The van der Waals surface area contributed by atoms with E-state index in [1.165, 1.54) is 17.5 Å². The Balaban J connectivity index is 1.73. The van der Waals surface area contributed by atoms with Gasteiger partial charge in [-0.25, -0.2) is 23.1 Å². The van der Waals surface area contributed by atoms with Gasteiger partial charge in [-0.15, -0.1) is 11.8 Å². The Morgan fingerprint density at radius 2 is 2.10 bits per heavy atom. The summed E-state index contributed by atoms with van der Waals surface area (Å²) in [5.41, 5.74) is 14.7. The van der Waals surface area contributed by atoms with Gasteiger partial charge in [-0.2, -0.15) is 0 Å². The highest BCUT2D eigenvalue weighted by molar-refractivity contribution is 7.99. The van der Waals surface area contributed by atoms with Crippen LogP contribution in [0, 0.1) is 6.92 Å². The number of thioether (sulfide) groups is 1. The molecule has 2 heterocycles. The molecule has 29 heavy (non-hydrogen) atoms. The van der Waals surface area contributed by atoms with Crippen LogP contribution >= 0.6 is 11.8 Å². The first-order valence-electron chi connectivity index (χ1n) is 9.19. The Morgan fingerprint density at radius 1 is 1.31 bits per heavy atom. The fourth-order valence-corrected chi connectivity index (χ4v) is 4.58. The molecule has 0 fully saturated rings. The molecule has 1 aromatic carbocycles. The number of nitrogens with two attached hydrogens (primary N) is 2. The number of hydrogen-bond acceptors (Lipinski definition) is 9. The number of aryl methyl sites for hydroxylation is 1. The second kappa shape index (κ2) is 9.06. The molecule has 2 aromatic rings. The summed E-state index contributed by atoms with van der Waals surface area (Å²) in [6.45, 7) is 3.68. The van der Waals surface area contributed by atoms with Gasteiger partial charge in [0.1, 0.15) is 17.8 Å². The van der Waals surface area contributed by atoms with Crippen LogP contribution < -0.4 is 25.8 Å². The Labute approximate surface area is 175 Å². The largest absolute Gasteiger partial charge is 0.493 e. The van der Waals surface area contributed by atoms with Crippen LogP contribution in [0.4, 0.5) is 17.3 Å². The summed E-state index contributed by atoms with van der Waals surface area (Å²) in [6.07, 6.45) is 4.05. The van der Waals surface area contributed by atoms with Crippen LogP contribution in [-0.2, 0) is 16.4 Å². The number of benzene rings is 1. The summed E-state index contributed by atoms with van der Waals surface area (Å²) < 4.78 is 30.8. The van der Waals surface area contributed by atoms with Crippen molar-refractivity contribution in [3.63, 3.8) is 0 Å². The predicted molar refractivity (Wildman–Crippen MR) is 117 cm³/mol. The van der Waals surface area contributed by atoms with E-state index in [0.29, 0.717) is 36.9 Å². The third kappa shape index (κ3) is 5.64. The van der Waals surface area contributed by atoms with Gasteiger partial charge >= 0.3 is 0 Å². The molecule has 158 valence electrons. The quantitative estimate of drug-likeness (QED) is 0.301. The molecule has 0 saturated carbocycles. The molecule has 1 aliphatic rings. The number of ether oxygens (including phenoxy) is 1. The second-order valence-electron chi connectivity index (χ2n) is 6.88. The fourth-order valence-electron chi connectivity index (χ4n) is 3.04. The smallest absolute Gasteiger partial charge is 0.208 e. The van der Waals surface area contributed by atoms with Gasteiger partial charge in [-0.3, -0.25) is 0 Å². The van der Waals surface area contributed by atoms with Crippen LogP contribution in [0.5, 0.6) is 5.75 Å². The first-order valence-corrected chi connectivity index (χ1v) is 12.1. The zero-order valence-corrected chi connectivity index (χ0v) is 18.1. The van der Waals surface area contributed by atoms with E-state index in [-0.39, 0.29) is 5.82 Å². The van der Waals surface area contributed by atoms with Crippen molar-refractivity contribution in [1.29, 1.82) is 0 Å². The first kappa shape index (κ1) is 21.5. The highest BCUT2D eigenvalue weighted by atomic mass is 32.2. The molecule has 0 spiro atoms. The normalized spacial score (nSPS) is 13.2. The van der Waals surface area contributed by atoms with Crippen LogP contribution in [0.1, 0.15) is 17.5 Å². The molecule has 0 saturated heterocycles. The van der Waals surface area contributed by atoms with Crippen molar-refractivity contribution in [2.24, 2.45) is 0 Å². The van der Waals surface area contributed by atoms with Crippen LogP contribution in [-0.4, -0.2) is 50.2 Å². The molecule has 0 atom stereocenters. The lowest BCUT2D eigenvalue weighted by Gasteiger charge is -2.25. The molecular weight excluding hydrogens is 412 g/mol. The number of nitrogens with zero attached hydrogens (tertiary/aromatic N) is 3. The summed E-state index contributed by atoms with van der Waals surface area (Å²) in [4.78, 5) is 11.3. The molecule has 0 bridgehead atoms. The fraction of sp³-hybridized carbons (Fsp3) is 0.444. The third-order valence-corrected chi connectivity index (χ3v) is 6.45. The lowest BCUT2D eigenvalue weighted by atomic mass is 10.1. The average Bonchev–Trinajstić information content (AvgIpc) is 3.10. The van der Waals surface area contributed by atoms with E-state index in [0.717, 1.165) is 29.9 Å². The lowest BCUT2D eigenvalue weighted by molar-refractivity contribution is 0.356. The second-order valence-corrected chi connectivity index (χ2v) is 9.70. The topological polar surface area (TPSA) is 136 Å². The minimum atomic E-state index is -3.23. The molecule has 0 aliphatic carbocycles. The number of hydrogen-bond donors (Lipinski definition) is 3. The summed E-state index contributed by atoms with van der Waals surface area (Å²) in [5, 5.41) is 0. The minimum Gasteiger partial charge on any atom is -0.493 e. The highest BCUT2D eigenvalue weighted by Gasteiger charge is 2.18. The van der Waals surface area contributed by atoms with Crippen LogP contribution in [0.3, 0.4) is 0 Å². The minimum absolute atomic E-state index is 0.223. The van der Waals surface area contributed by atoms with Crippen molar-refractivity contribution in [3.05, 3.63) is 29.6 Å². The van der Waals surface area contributed by atoms with Crippen LogP contribution in [0.2, 0.25) is 0 Å². The molecule has 1 aliphatic heterocycles. The van der Waals surface area contributed by atoms with Crippen LogP contribution in [0.25, 0.3) is 0 Å². The Kier molecular flexibility index (Phi) is 6.70. The van der Waals surface area contributed by atoms with E-state index < -0.39 is 10.0 Å². The number of fused-ring (bicyclic) bond motifs is 1. The monoisotopic (exact) mass is 438 g/mol. The maximum atomic E-state index is 11.3. The molecule has 0 amide bonds. The Bertz CT molecular complexity index is 984. The van der Waals surface area contributed by atoms with E-state index in [1.807, 2.05) is 4.90 Å². The molecule has 0 unspecified atom stereocenters. The highest BCUT2D eigenvalue weighted by Crippen LogP contribution is 2.35. The number of sulfonamides is 1. The van der Waals surface area contributed by atoms with E-state index in [2.05, 4.69) is 33.7 Å². The standard InChI is InChI=1S/C18H26N6O3S2/c1-12-8-13-4-7-27-14(13)9-15(12)28-11-24(6-3-5-23-29(2,25)26)18-16(19)17(20)21-10-22-18/h8-10,23H,3-7,11,19H2,1-2H3,(H2,20,21,22). The van der Waals surface area contributed by atoms with Crippen LogP contribution in [0.15, 0.2) is 23.4 Å². The van der Waals surface area contributed by atoms with Crippen molar-refractivity contribution < 1.29 is 13.2 Å². The number of aromatic nitrogens is 2. The van der Waals surface area contributed by atoms with Gasteiger partial charge < -0.3 is 21.1 Å². The summed E-state index contributed by atoms with van der Waals surface area (Å²) in [6, 6.07) is 4.24. The van der Waals surface area contributed by atoms with Crippen molar-refractivity contribution in [2.45, 2.75) is 24.7 Å².